The van der Waals surface area contributed by atoms with Crippen LogP contribution in [0.15, 0.2) is 24.3 Å². The molecule has 3 aliphatic heterocycles. The lowest BCUT2D eigenvalue weighted by atomic mass is 9.84. The molecule has 3 heterocycles. The number of carboxylic acids is 1. The van der Waals surface area contributed by atoms with Gasteiger partial charge in [0.1, 0.15) is 0 Å². The summed E-state index contributed by atoms with van der Waals surface area (Å²) in [5, 5.41) is 12.2. The number of hydrogen-bond donors (Lipinski definition) is 2. The van der Waals surface area contributed by atoms with E-state index in [1.165, 1.54) is 0 Å². The highest BCUT2D eigenvalue weighted by Gasteiger charge is 2.34. The van der Waals surface area contributed by atoms with Gasteiger partial charge in [-0.05, 0) is 43.5 Å². The molecule has 2 N–H and O–H groups in total. The molecular formula is C16H20N2O3. The van der Waals surface area contributed by atoms with E-state index in [2.05, 4.69) is 10.2 Å². The highest BCUT2D eigenvalue weighted by molar-refractivity contribution is 5.91. The molecule has 0 aliphatic carbocycles. The van der Waals surface area contributed by atoms with Crippen molar-refractivity contribution in [2.45, 2.75) is 25.3 Å². The molecule has 5 heteroatoms. The van der Waals surface area contributed by atoms with Crippen molar-refractivity contribution >= 4 is 11.9 Å². The third-order valence-corrected chi connectivity index (χ3v) is 4.60. The van der Waals surface area contributed by atoms with Crippen LogP contribution in [0.3, 0.4) is 0 Å². The van der Waals surface area contributed by atoms with Crippen molar-refractivity contribution < 1.29 is 14.7 Å². The first-order valence-corrected chi connectivity index (χ1v) is 7.46. The Balaban J connectivity index is 1.63. The smallest absolute Gasteiger partial charge is 0.335 e. The Morgan fingerprint density at radius 2 is 1.95 bits per heavy atom. The van der Waals surface area contributed by atoms with E-state index in [0.717, 1.165) is 32.5 Å². The van der Waals surface area contributed by atoms with E-state index >= 15 is 0 Å². The molecule has 1 amide bonds. The van der Waals surface area contributed by atoms with Crippen molar-refractivity contribution in [3.05, 3.63) is 35.4 Å². The lowest BCUT2D eigenvalue weighted by Crippen LogP contribution is -2.57. The summed E-state index contributed by atoms with van der Waals surface area (Å²) in [5.74, 6) is -0.489. The quantitative estimate of drug-likeness (QED) is 0.871. The highest BCUT2D eigenvalue weighted by atomic mass is 16.4. The first kappa shape index (κ1) is 14.1. The lowest BCUT2D eigenvalue weighted by molar-refractivity contribution is -0.122. The number of carbonyl (C=O) groups excluding carboxylic acids is 1. The molecule has 1 atom stereocenters. The van der Waals surface area contributed by atoms with Gasteiger partial charge in [-0.25, -0.2) is 4.79 Å². The Morgan fingerprint density at radius 3 is 2.57 bits per heavy atom. The second-order valence-corrected chi connectivity index (χ2v) is 5.95. The van der Waals surface area contributed by atoms with Crippen molar-refractivity contribution in [2.24, 2.45) is 5.92 Å². The third kappa shape index (κ3) is 3.08. The topological polar surface area (TPSA) is 69.6 Å². The van der Waals surface area contributed by atoms with Crippen LogP contribution in [0.2, 0.25) is 0 Å². The van der Waals surface area contributed by atoms with Crippen LogP contribution in [0.5, 0.6) is 0 Å². The van der Waals surface area contributed by atoms with Crippen LogP contribution in [-0.2, 0) is 11.2 Å². The Morgan fingerprint density at radius 1 is 1.24 bits per heavy atom. The number of amides is 1. The summed E-state index contributed by atoms with van der Waals surface area (Å²) in [6, 6.07) is 6.91. The number of benzene rings is 1. The van der Waals surface area contributed by atoms with Gasteiger partial charge in [-0.3, -0.25) is 4.79 Å². The van der Waals surface area contributed by atoms with Gasteiger partial charge in [0.05, 0.1) is 12.0 Å². The van der Waals surface area contributed by atoms with Crippen molar-refractivity contribution in [1.29, 1.82) is 0 Å². The molecule has 5 nitrogen and oxygen atoms in total. The predicted molar refractivity (Wildman–Crippen MR) is 78.2 cm³/mol. The molecule has 0 radical (unpaired) electrons. The zero-order valence-corrected chi connectivity index (χ0v) is 11.9. The highest BCUT2D eigenvalue weighted by Crippen LogP contribution is 2.27. The monoisotopic (exact) mass is 288 g/mol. The zero-order valence-electron chi connectivity index (χ0n) is 11.9. The standard InChI is InChI=1S/C16H20N2O3/c19-15(9-12-3-1-2-4-13(12)16(20)21)17-14-10-18-7-5-11(14)6-8-18/h1-4,11,14H,5-10H2,(H,17,19)(H,20,21). The van der Waals surface area contributed by atoms with Crippen LogP contribution in [-0.4, -0.2) is 47.6 Å². The second kappa shape index (κ2) is 5.85. The number of aromatic carboxylic acids is 1. The fraction of sp³-hybridized carbons (Fsp3) is 0.500. The minimum absolute atomic E-state index is 0.0811. The van der Waals surface area contributed by atoms with Gasteiger partial charge in [0, 0.05) is 12.6 Å². The summed E-state index contributed by atoms with van der Waals surface area (Å²) in [5.41, 5.74) is 0.783. The first-order chi connectivity index (χ1) is 10.1. The fourth-order valence-corrected chi connectivity index (χ4v) is 3.44. The molecule has 2 bridgehead atoms. The Hall–Kier alpha value is -1.88. The Bertz CT molecular complexity index is 550. The molecule has 1 unspecified atom stereocenters. The van der Waals surface area contributed by atoms with Crippen LogP contribution in [0.1, 0.15) is 28.8 Å². The number of carbonyl (C=O) groups is 2. The van der Waals surface area contributed by atoms with E-state index < -0.39 is 5.97 Å². The van der Waals surface area contributed by atoms with E-state index in [0.29, 0.717) is 11.5 Å². The molecule has 0 saturated carbocycles. The molecule has 3 aliphatic rings. The van der Waals surface area contributed by atoms with Gasteiger partial charge < -0.3 is 15.3 Å². The second-order valence-electron chi connectivity index (χ2n) is 5.95. The van der Waals surface area contributed by atoms with Crippen LogP contribution in [0.25, 0.3) is 0 Å². The molecule has 112 valence electrons. The maximum atomic E-state index is 12.2. The minimum atomic E-state index is -0.985. The van der Waals surface area contributed by atoms with E-state index in [4.69, 9.17) is 5.11 Å². The molecule has 3 fully saturated rings. The van der Waals surface area contributed by atoms with Gasteiger partial charge in [0.2, 0.25) is 5.91 Å². The molecule has 0 aromatic heterocycles. The summed E-state index contributed by atoms with van der Waals surface area (Å²) in [4.78, 5) is 25.8. The van der Waals surface area contributed by atoms with Crippen molar-refractivity contribution in [1.82, 2.24) is 10.2 Å². The van der Waals surface area contributed by atoms with E-state index in [9.17, 15) is 9.59 Å². The SMILES string of the molecule is O=C(Cc1ccccc1C(=O)O)NC1CN2CCC1CC2. The summed E-state index contributed by atoms with van der Waals surface area (Å²) in [7, 11) is 0. The summed E-state index contributed by atoms with van der Waals surface area (Å²) in [6.45, 7) is 3.20. The number of carboxylic acid groups (broad SMARTS) is 1. The Kier molecular flexibility index (Phi) is 3.92. The molecule has 21 heavy (non-hydrogen) atoms. The number of rotatable bonds is 4. The summed E-state index contributed by atoms with van der Waals surface area (Å²) >= 11 is 0. The zero-order chi connectivity index (χ0) is 14.8. The molecule has 1 aromatic rings. The number of nitrogens with zero attached hydrogens (tertiary/aromatic N) is 1. The van der Waals surface area contributed by atoms with Gasteiger partial charge in [-0.2, -0.15) is 0 Å². The first-order valence-electron chi connectivity index (χ1n) is 7.46. The number of fused-ring (bicyclic) bond motifs is 3. The maximum Gasteiger partial charge on any atom is 0.335 e. The minimum Gasteiger partial charge on any atom is -0.478 e. The number of hydrogen-bond acceptors (Lipinski definition) is 3. The largest absolute Gasteiger partial charge is 0.478 e. The van der Waals surface area contributed by atoms with Gasteiger partial charge in [0.15, 0.2) is 0 Å². The van der Waals surface area contributed by atoms with Gasteiger partial charge in [0.25, 0.3) is 0 Å². The summed E-state index contributed by atoms with van der Waals surface area (Å²) in [6.07, 6.45) is 2.43. The van der Waals surface area contributed by atoms with Crippen LogP contribution < -0.4 is 5.32 Å². The van der Waals surface area contributed by atoms with Crippen molar-refractivity contribution in [3.8, 4) is 0 Å². The van der Waals surface area contributed by atoms with Crippen molar-refractivity contribution in [2.75, 3.05) is 19.6 Å². The van der Waals surface area contributed by atoms with E-state index in [-0.39, 0.29) is 23.9 Å². The van der Waals surface area contributed by atoms with Crippen LogP contribution >= 0.6 is 0 Å². The molecule has 1 aromatic carbocycles. The van der Waals surface area contributed by atoms with E-state index in [1.54, 1.807) is 24.3 Å². The molecular weight excluding hydrogens is 268 g/mol. The number of piperidine rings is 3. The average molecular weight is 288 g/mol. The summed E-state index contributed by atoms with van der Waals surface area (Å²) < 4.78 is 0. The van der Waals surface area contributed by atoms with Gasteiger partial charge in [-0.15, -0.1) is 0 Å². The normalized spacial score (nSPS) is 27.3. The van der Waals surface area contributed by atoms with E-state index in [1.807, 2.05) is 0 Å². The lowest BCUT2D eigenvalue weighted by Gasteiger charge is -2.44. The molecule has 0 spiro atoms. The third-order valence-electron chi connectivity index (χ3n) is 4.60. The molecule has 3 saturated heterocycles. The van der Waals surface area contributed by atoms with Gasteiger partial charge >= 0.3 is 5.97 Å². The molecule has 4 rings (SSSR count). The van der Waals surface area contributed by atoms with Crippen LogP contribution in [0, 0.1) is 5.92 Å². The predicted octanol–water partition coefficient (Wildman–Crippen LogP) is 1.14. The average Bonchev–Trinajstić information content (AvgIpc) is 2.48. The van der Waals surface area contributed by atoms with Gasteiger partial charge in [-0.1, -0.05) is 18.2 Å². The fourth-order valence-electron chi connectivity index (χ4n) is 3.44. The van der Waals surface area contributed by atoms with Crippen molar-refractivity contribution in [3.63, 3.8) is 0 Å². The number of nitrogens with one attached hydrogen (secondary N) is 1. The maximum absolute atomic E-state index is 12.2. The van der Waals surface area contributed by atoms with Crippen LogP contribution in [0.4, 0.5) is 0 Å². The Labute approximate surface area is 123 Å².